The smallest absolute Gasteiger partial charge is 0.252 e. The Morgan fingerprint density at radius 1 is 1.20 bits per heavy atom. The zero-order valence-electron chi connectivity index (χ0n) is 12.1. The van der Waals surface area contributed by atoms with E-state index in [1.807, 2.05) is 37.3 Å². The zero-order valence-corrected chi connectivity index (χ0v) is 12.1. The molecule has 2 N–H and O–H groups in total. The number of rotatable bonds is 6. The molecule has 4 heteroatoms. The molecule has 0 aliphatic heterocycles. The van der Waals surface area contributed by atoms with E-state index in [0.717, 1.165) is 36.1 Å². The normalized spacial score (nSPS) is 10.7. The van der Waals surface area contributed by atoms with Crippen LogP contribution in [0.3, 0.4) is 0 Å². The predicted molar refractivity (Wildman–Crippen MR) is 82.0 cm³/mol. The fraction of sp³-hybridized carbons (Fsp3) is 0.375. The molecule has 1 aromatic heterocycles. The van der Waals surface area contributed by atoms with Gasteiger partial charge in [-0.15, -0.1) is 0 Å². The minimum Gasteiger partial charge on any atom is -0.351 e. The first-order valence-electron chi connectivity index (χ1n) is 7.07. The van der Waals surface area contributed by atoms with E-state index < -0.39 is 0 Å². The Bertz CT molecular complexity index is 595. The molecule has 0 fully saturated rings. The highest BCUT2D eigenvalue weighted by Gasteiger charge is 2.10. The molecule has 0 saturated carbocycles. The van der Waals surface area contributed by atoms with Gasteiger partial charge >= 0.3 is 0 Å². The van der Waals surface area contributed by atoms with Crippen molar-refractivity contribution in [2.45, 2.75) is 20.3 Å². The van der Waals surface area contributed by atoms with Crippen molar-refractivity contribution in [1.29, 1.82) is 0 Å². The quantitative estimate of drug-likeness (QED) is 0.792. The van der Waals surface area contributed by atoms with E-state index >= 15 is 0 Å². The molecule has 0 atom stereocenters. The van der Waals surface area contributed by atoms with Gasteiger partial charge in [0.1, 0.15) is 0 Å². The molecule has 0 bridgehead atoms. The molecule has 1 heterocycles. The molecule has 0 unspecified atom stereocenters. The molecular weight excluding hydrogens is 250 g/mol. The summed E-state index contributed by atoms with van der Waals surface area (Å²) >= 11 is 0. The van der Waals surface area contributed by atoms with Gasteiger partial charge in [0.25, 0.3) is 5.91 Å². The Hall–Kier alpha value is -1.94. The van der Waals surface area contributed by atoms with Gasteiger partial charge in [0, 0.05) is 24.2 Å². The molecule has 0 radical (unpaired) electrons. The standard InChI is InChI=1S/C16H21N3O/c1-3-8-17-9-10-18-16(20)14-11-12(2)19-15-7-5-4-6-13(14)15/h4-7,11,17H,3,8-10H2,1-2H3,(H,18,20). The molecule has 4 nitrogen and oxygen atoms in total. The predicted octanol–water partition coefficient (Wildman–Crippen LogP) is 2.27. The molecule has 2 aromatic rings. The van der Waals surface area contributed by atoms with Gasteiger partial charge in [-0.25, -0.2) is 0 Å². The minimum absolute atomic E-state index is 0.0370. The number of carbonyl (C=O) groups excluding carboxylic acids is 1. The van der Waals surface area contributed by atoms with E-state index in [4.69, 9.17) is 0 Å². The van der Waals surface area contributed by atoms with Crippen LogP contribution in [0.15, 0.2) is 30.3 Å². The number of nitrogens with one attached hydrogen (secondary N) is 2. The highest BCUT2D eigenvalue weighted by atomic mass is 16.1. The lowest BCUT2D eigenvalue weighted by Crippen LogP contribution is -2.32. The van der Waals surface area contributed by atoms with E-state index in [9.17, 15) is 4.79 Å². The molecule has 0 spiro atoms. The first kappa shape index (κ1) is 14.5. The van der Waals surface area contributed by atoms with Crippen molar-refractivity contribution in [2.24, 2.45) is 0 Å². The number of pyridine rings is 1. The van der Waals surface area contributed by atoms with Crippen molar-refractivity contribution in [1.82, 2.24) is 15.6 Å². The third-order valence-corrected chi connectivity index (χ3v) is 3.10. The lowest BCUT2D eigenvalue weighted by molar-refractivity contribution is 0.0955. The van der Waals surface area contributed by atoms with Crippen molar-refractivity contribution < 1.29 is 4.79 Å². The monoisotopic (exact) mass is 271 g/mol. The summed E-state index contributed by atoms with van der Waals surface area (Å²) in [6, 6.07) is 9.58. The van der Waals surface area contributed by atoms with Gasteiger partial charge < -0.3 is 10.6 Å². The van der Waals surface area contributed by atoms with Crippen LogP contribution in [0.4, 0.5) is 0 Å². The molecular formula is C16H21N3O. The largest absolute Gasteiger partial charge is 0.351 e. The number of carbonyl (C=O) groups is 1. The third-order valence-electron chi connectivity index (χ3n) is 3.10. The molecule has 20 heavy (non-hydrogen) atoms. The summed E-state index contributed by atoms with van der Waals surface area (Å²) in [7, 11) is 0. The van der Waals surface area contributed by atoms with E-state index in [2.05, 4.69) is 22.5 Å². The highest BCUT2D eigenvalue weighted by molar-refractivity contribution is 6.06. The molecule has 1 amide bonds. The Kier molecular flexibility index (Phi) is 5.07. The van der Waals surface area contributed by atoms with Crippen LogP contribution < -0.4 is 10.6 Å². The van der Waals surface area contributed by atoms with Gasteiger partial charge in [-0.1, -0.05) is 25.1 Å². The Balaban J connectivity index is 2.09. The summed E-state index contributed by atoms with van der Waals surface area (Å²) in [6.07, 6.45) is 1.10. The van der Waals surface area contributed by atoms with Crippen LogP contribution in [0.5, 0.6) is 0 Å². The van der Waals surface area contributed by atoms with Crippen LogP contribution in [-0.2, 0) is 0 Å². The zero-order chi connectivity index (χ0) is 14.4. The van der Waals surface area contributed by atoms with Gasteiger partial charge in [0.2, 0.25) is 0 Å². The van der Waals surface area contributed by atoms with Crippen molar-refractivity contribution in [3.8, 4) is 0 Å². The fourth-order valence-corrected chi connectivity index (χ4v) is 2.16. The van der Waals surface area contributed by atoms with Gasteiger partial charge in [0.15, 0.2) is 0 Å². The Morgan fingerprint density at radius 3 is 2.80 bits per heavy atom. The van der Waals surface area contributed by atoms with E-state index in [0.29, 0.717) is 12.1 Å². The first-order chi connectivity index (χ1) is 9.72. The summed E-state index contributed by atoms with van der Waals surface area (Å²) in [5, 5.41) is 7.11. The average molecular weight is 271 g/mol. The molecule has 0 saturated heterocycles. The number of aryl methyl sites for hydroxylation is 1. The fourth-order valence-electron chi connectivity index (χ4n) is 2.16. The minimum atomic E-state index is -0.0370. The summed E-state index contributed by atoms with van der Waals surface area (Å²) in [4.78, 5) is 16.7. The van der Waals surface area contributed by atoms with Gasteiger partial charge in [-0.3, -0.25) is 9.78 Å². The van der Waals surface area contributed by atoms with Gasteiger partial charge in [0.05, 0.1) is 11.1 Å². The Labute approximate surface area is 119 Å². The van der Waals surface area contributed by atoms with Crippen molar-refractivity contribution in [2.75, 3.05) is 19.6 Å². The average Bonchev–Trinajstić information content (AvgIpc) is 2.46. The van der Waals surface area contributed by atoms with Crippen LogP contribution >= 0.6 is 0 Å². The number of benzene rings is 1. The molecule has 106 valence electrons. The number of para-hydroxylation sites is 1. The molecule has 0 aliphatic carbocycles. The van der Waals surface area contributed by atoms with Crippen molar-refractivity contribution >= 4 is 16.8 Å². The molecule has 0 aliphatic rings. The van der Waals surface area contributed by atoms with E-state index in [1.54, 1.807) is 0 Å². The van der Waals surface area contributed by atoms with Crippen LogP contribution in [0.2, 0.25) is 0 Å². The van der Waals surface area contributed by atoms with Crippen LogP contribution in [-0.4, -0.2) is 30.5 Å². The summed E-state index contributed by atoms with van der Waals surface area (Å²) in [5.41, 5.74) is 2.42. The van der Waals surface area contributed by atoms with Crippen LogP contribution in [0.25, 0.3) is 10.9 Å². The maximum Gasteiger partial charge on any atom is 0.252 e. The topological polar surface area (TPSA) is 54.0 Å². The number of amides is 1. The van der Waals surface area contributed by atoms with Crippen molar-refractivity contribution in [3.63, 3.8) is 0 Å². The lowest BCUT2D eigenvalue weighted by atomic mass is 10.1. The van der Waals surface area contributed by atoms with Crippen molar-refractivity contribution in [3.05, 3.63) is 41.6 Å². The molecule has 2 rings (SSSR count). The van der Waals surface area contributed by atoms with E-state index in [-0.39, 0.29) is 5.91 Å². The Morgan fingerprint density at radius 2 is 2.00 bits per heavy atom. The number of hydrogen-bond donors (Lipinski definition) is 2. The number of hydrogen-bond acceptors (Lipinski definition) is 3. The van der Waals surface area contributed by atoms with Gasteiger partial charge in [-0.05, 0) is 32.0 Å². The van der Waals surface area contributed by atoms with E-state index in [1.165, 1.54) is 0 Å². The lowest BCUT2D eigenvalue weighted by Gasteiger charge is -2.09. The first-order valence-corrected chi connectivity index (χ1v) is 7.07. The SMILES string of the molecule is CCCNCCNC(=O)c1cc(C)nc2ccccc12. The summed E-state index contributed by atoms with van der Waals surface area (Å²) in [5.74, 6) is -0.0370. The summed E-state index contributed by atoms with van der Waals surface area (Å²) < 4.78 is 0. The maximum absolute atomic E-state index is 12.3. The molecule has 1 aromatic carbocycles. The number of aromatic nitrogens is 1. The third kappa shape index (κ3) is 3.54. The highest BCUT2D eigenvalue weighted by Crippen LogP contribution is 2.17. The maximum atomic E-state index is 12.3. The van der Waals surface area contributed by atoms with Crippen LogP contribution in [0.1, 0.15) is 29.4 Å². The number of fused-ring (bicyclic) bond motifs is 1. The second kappa shape index (κ2) is 7.01. The second-order valence-electron chi connectivity index (χ2n) is 4.83. The number of nitrogens with zero attached hydrogens (tertiary/aromatic N) is 1. The second-order valence-corrected chi connectivity index (χ2v) is 4.83. The van der Waals surface area contributed by atoms with Crippen LogP contribution in [0, 0.1) is 6.92 Å². The summed E-state index contributed by atoms with van der Waals surface area (Å²) in [6.45, 7) is 6.44. The van der Waals surface area contributed by atoms with Gasteiger partial charge in [-0.2, -0.15) is 0 Å².